The van der Waals surface area contributed by atoms with Gasteiger partial charge in [0.15, 0.2) is 0 Å². The van der Waals surface area contributed by atoms with E-state index in [4.69, 9.17) is 19.0 Å². The van der Waals surface area contributed by atoms with Crippen LogP contribution < -0.4 is 4.87 Å². The molecule has 0 amide bonds. The Balaban J connectivity index is 2.01. The zero-order valence-corrected chi connectivity index (χ0v) is 19.2. The minimum atomic E-state index is -0.354. The number of rotatable bonds is 5. The summed E-state index contributed by atoms with van der Waals surface area (Å²) in [5, 5.41) is 0.227. The Hall–Kier alpha value is -0.628. The Morgan fingerprint density at radius 3 is 3.04 bits per heavy atom. The Kier molecular flexibility index (Phi) is 5.85. The van der Waals surface area contributed by atoms with E-state index in [1.165, 1.54) is 0 Å². The zero-order valence-electron chi connectivity index (χ0n) is 13.2. The average molecular weight is 561 g/mol. The molecule has 2 aromatic rings. The van der Waals surface area contributed by atoms with E-state index in [9.17, 15) is 4.79 Å². The van der Waals surface area contributed by atoms with Crippen molar-refractivity contribution in [3.63, 3.8) is 0 Å². The third-order valence-electron chi connectivity index (χ3n) is 3.47. The van der Waals surface area contributed by atoms with Gasteiger partial charge in [0.1, 0.15) is 0 Å². The van der Waals surface area contributed by atoms with Crippen LogP contribution in [0, 0.1) is 0 Å². The average Bonchev–Trinajstić information content (AvgIpc) is 3.09. The molecule has 8 nitrogen and oxygen atoms in total. The van der Waals surface area contributed by atoms with Gasteiger partial charge in [0.05, 0.1) is 0 Å². The van der Waals surface area contributed by atoms with Crippen molar-refractivity contribution < 1.29 is 7.42 Å². The topological polar surface area (TPSA) is 81.8 Å². The standard InChI is InChI=1S/C13H15ClN5O3S.Tl/c1-18(2)6-15-12-16-10(14)9-11(17-12)19(13(21)23-9)8-4-3-7(5-20)22-8;/h6-8H,3-5H2,1-2H3;/q-1;+1/b15-6-;. The second-order valence-electron chi connectivity index (χ2n) is 5.54. The fourth-order valence-corrected chi connectivity index (χ4v) is 4.41. The van der Waals surface area contributed by atoms with Gasteiger partial charge in [-0.3, -0.25) is 0 Å². The van der Waals surface area contributed by atoms with Crippen LogP contribution in [-0.2, 0) is 7.42 Å². The minimum absolute atomic E-state index is 0.0189. The molecule has 126 valence electrons. The van der Waals surface area contributed by atoms with Gasteiger partial charge in [-0.15, -0.1) is 0 Å². The van der Waals surface area contributed by atoms with Crippen LogP contribution in [0.5, 0.6) is 0 Å². The second-order valence-corrected chi connectivity index (χ2v) is 8.15. The molecule has 0 N–H and O–H groups in total. The van der Waals surface area contributed by atoms with Gasteiger partial charge < -0.3 is 0 Å². The number of aromatic nitrogens is 3. The first-order chi connectivity index (χ1) is 11.5. The van der Waals surface area contributed by atoms with Crippen LogP contribution in [0.4, 0.5) is 5.95 Å². The fourth-order valence-electron chi connectivity index (χ4n) is 2.46. The van der Waals surface area contributed by atoms with Gasteiger partial charge in [0.25, 0.3) is 0 Å². The number of hydrogen-bond donors (Lipinski definition) is 0. The first-order valence-electron chi connectivity index (χ1n) is 7.26. The summed E-state index contributed by atoms with van der Waals surface area (Å²) in [5.74, 6) is 0.214. The number of nitrogens with zero attached hydrogens (tertiary/aromatic N) is 5. The van der Waals surface area contributed by atoms with Gasteiger partial charge in [-0.2, -0.15) is 0 Å². The quantitative estimate of drug-likeness (QED) is 0.239. The Labute approximate surface area is 163 Å². The molecule has 2 atom stereocenters. The molecule has 24 heavy (non-hydrogen) atoms. The van der Waals surface area contributed by atoms with Crippen molar-refractivity contribution in [3.8, 4) is 0 Å². The predicted molar refractivity (Wildman–Crippen MR) is 93.4 cm³/mol. The molecule has 0 radical (unpaired) electrons. The van der Waals surface area contributed by atoms with Crippen LogP contribution >= 0.6 is 22.9 Å². The van der Waals surface area contributed by atoms with Crippen LogP contribution in [0.15, 0.2) is 9.79 Å². The Morgan fingerprint density at radius 2 is 2.33 bits per heavy atom. The predicted octanol–water partition coefficient (Wildman–Crippen LogP) is 1.51. The van der Waals surface area contributed by atoms with Crippen LogP contribution in [-0.4, -0.2) is 78.8 Å². The second kappa shape index (κ2) is 7.72. The molecule has 11 heteroatoms. The summed E-state index contributed by atoms with van der Waals surface area (Å²) in [6, 6.07) is 0. The molecule has 0 spiro atoms. The number of aliphatic imine (C=N–C) groups is 1. The summed E-state index contributed by atoms with van der Waals surface area (Å²) in [7, 11) is 3.69. The van der Waals surface area contributed by atoms with E-state index >= 15 is 0 Å². The van der Waals surface area contributed by atoms with Crippen molar-refractivity contribution in [2.45, 2.75) is 25.2 Å². The van der Waals surface area contributed by atoms with E-state index in [0.29, 0.717) is 43.2 Å². The van der Waals surface area contributed by atoms with Gasteiger partial charge in [-0.25, -0.2) is 0 Å². The number of thiazole rings is 1. The molecule has 3 rings (SSSR count). The molecule has 1 aliphatic rings. The fraction of sp³-hybridized carbons (Fsp3) is 0.538. The Bertz CT molecular complexity index is 824. The molecule has 2 unspecified atom stereocenters. The third-order valence-corrected chi connectivity index (χ3v) is 5.55. The van der Waals surface area contributed by atoms with Crippen molar-refractivity contribution in [1.82, 2.24) is 19.4 Å². The van der Waals surface area contributed by atoms with Crippen molar-refractivity contribution in [1.29, 1.82) is 0 Å². The molecular formula is C13H15ClN5O3STl. The SMILES string of the molecule is CN(C)/C=N\c1nc(Cl)c2sc(=O)n(C3CCC(C[O][Tl])O3)c2n1. The number of halogens is 1. The Morgan fingerprint density at radius 1 is 1.54 bits per heavy atom. The maximum atomic E-state index is 12.4. The summed E-state index contributed by atoms with van der Waals surface area (Å²) in [6.07, 6.45) is 2.84. The molecule has 1 fully saturated rings. The molecule has 1 aliphatic heterocycles. The normalized spacial score (nSPS) is 21.1. The van der Waals surface area contributed by atoms with Crippen molar-refractivity contribution in [2.24, 2.45) is 4.99 Å². The van der Waals surface area contributed by atoms with Crippen molar-refractivity contribution >= 4 is 71.8 Å². The van der Waals surface area contributed by atoms with Crippen molar-refractivity contribution in [3.05, 3.63) is 14.8 Å². The monoisotopic (exact) mass is 561 g/mol. The summed E-state index contributed by atoms with van der Waals surface area (Å²) >= 11 is 7.72. The van der Waals surface area contributed by atoms with Crippen LogP contribution in [0.1, 0.15) is 19.1 Å². The van der Waals surface area contributed by atoms with Crippen LogP contribution in [0.25, 0.3) is 10.3 Å². The molecule has 0 saturated carbocycles. The summed E-state index contributed by atoms with van der Waals surface area (Å²) in [4.78, 5) is 26.7. The van der Waals surface area contributed by atoms with Crippen LogP contribution in [0.2, 0.25) is 5.15 Å². The van der Waals surface area contributed by atoms with Gasteiger partial charge in [0, 0.05) is 14.1 Å². The van der Waals surface area contributed by atoms with Crippen molar-refractivity contribution in [2.75, 3.05) is 20.7 Å². The first kappa shape index (κ1) is 18.2. The summed E-state index contributed by atoms with van der Waals surface area (Å²) < 4.78 is 13.3. The first-order valence-corrected chi connectivity index (χ1v) is 10.3. The van der Waals surface area contributed by atoms with E-state index in [0.717, 1.165) is 24.2 Å². The van der Waals surface area contributed by atoms with E-state index in [2.05, 4.69) is 15.0 Å². The number of hydrogen-bond acceptors (Lipinski definition) is 7. The van der Waals surface area contributed by atoms with Gasteiger partial charge in [-0.05, 0) is 0 Å². The molecule has 0 aliphatic carbocycles. The van der Waals surface area contributed by atoms with E-state index in [1.807, 2.05) is 14.1 Å². The van der Waals surface area contributed by atoms with Gasteiger partial charge in [0.2, 0.25) is 0 Å². The van der Waals surface area contributed by atoms with Crippen LogP contribution in [0.3, 0.4) is 0 Å². The molecule has 1 saturated heterocycles. The number of ether oxygens (including phenoxy) is 1. The summed E-state index contributed by atoms with van der Waals surface area (Å²) in [5.41, 5.74) is 0.468. The zero-order chi connectivity index (χ0) is 17.3. The van der Waals surface area contributed by atoms with E-state index < -0.39 is 0 Å². The van der Waals surface area contributed by atoms with E-state index in [1.54, 1.807) is 15.8 Å². The van der Waals surface area contributed by atoms with E-state index in [-0.39, 0.29) is 28.3 Å². The third kappa shape index (κ3) is 3.79. The molecule has 3 heterocycles. The number of fused-ring (bicyclic) bond motifs is 1. The molecular weight excluding hydrogens is 546 g/mol. The maximum absolute atomic E-state index is 12.4. The molecule has 0 aromatic carbocycles. The molecule has 2 aromatic heterocycles. The molecule has 0 bridgehead atoms. The summed E-state index contributed by atoms with van der Waals surface area (Å²) in [6.45, 7) is 0.576. The van der Waals surface area contributed by atoms with Gasteiger partial charge >= 0.3 is 150 Å². The van der Waals surface area contributed by atoms with Gasteiger partial charge in [-0.1, -0.05) is 0 Å².